The van der Waals surface area contributed by atoms with Gasteiger partial charge in [0, 0.05) is 17.7 Å². The van der Waals surface area contributed by atoms with Crippen LogP contribution in [0.3, 0.4) is 0 Å². The van der Waals surface area contributed by atoms with Crippen LogP contribution in [0, 0.1) is 12.0 Å². The van der Waals surface area contributed by atoms with Gasteiger partial charge in [-0.3, -0.25) is 0 Å². The number of benzene rings is 1. The fourth-order valence-electron chi connectivity index (χ4n) is 1.73. The first-order valence-corrected chi connectivity index (χ1v) is 6.42. The minimum Gasteiger partial charge on any atom is -0.489 e. The van der Waals surface area contributed by atoms with Crippen molar-refractivity contribution < 1.29 is 18.3 Å². The molecule has 1 fully saturated rings. The van der Waals surface area contributed by atoms with Crippen LogP contribution in [0.15, 0.2) is 12.1 Å². The van der Waals surface area contributed by atoms with Crippen molar-refractivity contribution >= 4 is 0 Å². The van der Waals surface area contributed by atoms with E-state index in [1.807, 2.05) is 0 Å². The summed E-state index contributed by atoms with van der Waals surface area (Å²) in [7, 11) is 0. The van der Waals surface area contributed by atoms with Crippen molar-refractivity contribution in [2.75, 3.05) is 13.2 Å². The summed E-state index contributed by atoms with van der Waals surface area (Å²) in [5.41, 5.74) is 6.48. The predicted molar refractivity (Wildman–Crippen MR) is 67.6 cm³/mol. The number of rotatable bonds is 7. The van der Waals surface area contributed by atoms with E-state index in [1.54, 1.807) is 19.1 Å². The highest BCUT2D eigenvalue weighted by atomic mass is 19.3. The van der Waals surface area contributed by atoms with Gasteiger partial charge in [-0.1, -0.05) is 6.07 Å². The van der Waals surface area contributed by atoms with Gasteiger partial charge in [0.1, 0.15) is 6.61 Å². The summed E-state index contributed by atoms with van der Waals surface area (Å²) in [6.45, 7) is 1.68. The van der Waals surface area contributed by atoms with E-state index in [0.717, 1.165) is 12.8 Å². The Balaban J connectivity index is 2.15. The van der Waals surface area contributed by atoms with Gasteiger partial charge in [0.05, 0.1) is 6.61 Å². The lowest BCUT2D eigenvalue weighted by molar-refractivity contribution is 0.0791. The minimum absolute atomic E-state index is 0.290. The van der Waals surface area contributed by atoms with Crippen LogP contribution in [-0.2, 0) is 0 Å². The molecule has 2 N–H and O–H groups in total. The highest BCUT2D eigenvalue weighted by molar-refractivity contribution is 5.47. The van der Waals surface area contributed by atoms with Gasteiger partial charge in [0.15, 0.2) is 11.5 Å². The van der Waals surface area contributed by atoms with Crippen molar-refractivity contribution in [1.82, 2.24) is 0 Å². The van der Waals surface area contributed by atoms with E-state index in [-0.39, 0.29) is 6.04 Å². The third kappa shape index (κ3) is 4.06. The highest BCUT2D eigenvalue weighted by Crippen LogP contribution is 2.36. The van der Waals surface area contributed by atoms with Crippen LogP contribution in [0.25, 0.3) is 0 Å². The predicted octanol–water partition coefficient (Wildman–Crippen LogP) is 2.94. The van der Waals surface area contributed by atoms with Gasteiger partial charge in [0.2, 0.25) is 0 Å². The summed E-state index contributed by atoms with van der Waals surface area (Å²) in [5.74, 6) is 1.23. The van der Waals surface area contributed by atoms with Crippen LogP contribution >= 0.6 is 0 Å². The lowest BCUT2D eigenvalue weighted by atomic mass is 10.1. The maximum Gasteiger partial charge on any atom is 0.272 e. The zero-order chi connectivity index (χ0) is 13.8. The Morgan fingerprint density at radius 3 is 2.74 bits per heavy atom. The van der Waals surface area contributed by atoms with E-state index in [4.69, 9.17) is 15.2 Å². The summed E-state index contributed by atoms with van der Waals surface area (Å²) in [5, 5.41) is 0. The van der Waals surface area contributed by atoms with Crippen LogP contribution in [-0.4, -0.2) is 19.6 Å². The van der Waals surface area contributed by atoms with Gasteiger partial charge < -0.3 is 15.2 Å². The molecule has 1 aromatic rings. The Kier molecular flexibility index (Phi) is 4.58. The second-order valence-electron chi connectivity index (χ2n) is 4.84. The maximum atomic E-state index is 12.3. The Labute approximate surface area is 111 Å². The minimum atomic E-state index is -2.53. The maximum absolute atomic E-state index is 12.3. The van der Waals surface area contributed by atoms with E-state index < -0.39 is 13.0 Å². The zero-order valence-corrected chi connectivity index (χ0v) is 10.9. The Morgan fingerprint density at radius 2 is 2.16 bits per heavy atom. The van der Waals surface area contributed by atoms with Crippen molar-refractivity contribution in [1.29, 1.82) is 0 Å². The third-order valence-corrected chi connectivity index (χ3v) is 2.95. The van der Waals surface area contributed by atoms with E-state index >= 15 is 0 Å². The summed E-state index contributed by atoms with van der Waals surface area (Å²) in [6.07, 6.45) is -0.224. The van der Waals surface area contributed by atoms with Crippen molar-refractivity contribution in [3.8, 4) is 11.5 Å². The normalized spacial score (nSPS) is 16.5. The second kappa shape index (κ2) is 6.19. The lowest BCUT2D eigenvalue weighted by Crippen LogP contribution is -2.13. The molecule has 1 aliphatic carbocycles. The first kappa shape index (κ1) is 14.1. The second-order valence-corrected chi connectivity index (χ2v) is 4.84. The molecule has 0 aliphatic heterocycles. The number of hydrogen-bond donors (Lipinski definition) is 1. The van der Waals surface area contributed by atoms with Gasteiger partial charge in [-0.25, -0.2) is 8.78 Å². The number of hydrogen-bond acceptors (Lipinski definition) is 3. The fourth-order valence-corrected chi connectivity index (χ4v) is 1.73. The molecular formula is C14H18F2NO2. The first-order chi connectivity index (χ1) is 9.08. The Morgan fingerprint density at radius 1 is 1.42 bits per heavy atom. The SMILES string of the molecule is C[C@H](N)c1cc[c]c(OCC2CC2)c1OCC(F)F. The van der Waals surface area contributed by atoms with Crippen LogP contribution in [0.5, 0.6) is 11.5 Å². The fraction of sp³-hybridized carbons (Fsp3) is 0.571. The molecule has 1 saturated carbocycles. The Bertz CT molecular complexity index is 420. The van der Waals surface area contributed by atoms with Gasteiger partial charge in [-0.15, -0.1) is 0 Å². The van der Waals surface area contributed by atoms with Gasteiger partial charge >= 0.3 is 0 Å². The van der Waals surface area contributed by atoms with E-state index in [9.17, 15) is 8.78 Å². The summed E-state index contributed by atoms with van der Waals surface area (Å²) < 4.78 is 35.4. The number of alkyl halides is 2. The van der Waals surface area contributed by atoms with Crippen molar-refractivity contribution in [3.05, 3.63) is 23.8 Å². The number of halogens is 2. The molecule has 0 aromatic heterocycles. The van der Waals surface area contributed by atoms with Gasteiger partial charge in [-0.05, 0) is 31.7 Å². The number of ether oxygens (including phenoxy) is 2. The topological polar surface area (TPSA) is 44.5 Å². The van der Waals surface area contributed by atoms with Gasteiger partial charge in [-0.2, -0.15) is 0 Å². The van der Waals surface area contributed by atoms with Crippen LogP contribution in [0.2, 0.25) is 0 Å². The first-order valence-electron chi connectivity index (χ1n) is 6.42. The average molecular weight is 270 g/mol. The quantitative estimate of drug-likeness (QED) is 0.828. The van der Waals surface area contributed by atoms with Crippen molar-refractivity contribution in [2.45, 2.75) is 32.2 Å². The van der Waals surface area contributed by atoms with Gasteiger partial charge in [0.25, 0.3) is 6.43 Å². The summed E-state index contributed by atoms with van der Waals surface area (Å²) in [4.78, 5) is 0. The highest BCUT2D eigenvalue weighted by Gasteiger charge is 2.23. The third-order valence-electron chi connectivity index (χ3n) is 2.95. The standard InChI is InChI=1S/C14H18F2NO2/c1-9(17)11-3-2-4-12(18-7-10-5-6-10)14(11)19-8-13(15)16/h2-3,9-10,13H,5-8,17H2,1H3/t9-/m0/s1. The number of nitrogens with two attached hydrogens (primary N) is 1. The average Bonchev–Trinajstić information content (AvgIpc) is 3.17. The largest absolute Gasteiger partial charge is 0.489 e. The van der Waals surface area contributed by atoms with E-state index in [2.05, 4.69) is 6.07 Å². The molecule has 2 rings (SSSR count). The smallest absolute Gasteiger partial charge is 0.272 e. The van der Waals surface area contributed by atoms with Crippen molar-refractivity contribution in [3.63, 3.8) is 0 Å². The van der Waals surface area contributed by atoms with Crippen LogP contribution < -0.4 is 15.2 Å². The molecule has 1 atom stereocenters. The summed E-state index contributed by atoms with van der Waals surface area (Å²) >= 11 is 0. The molecule has 3 nitrogen and oxygen atoms in total. The molecule has 0 heterocycles. The molecule has 1 radical (unpaired) electrons. The molecule has 0 spiro atoms. The molecular weight excluding hydrogens is 252 g/mol. The molecule has 105 valence electrons. The molecule has 0 unspecified atom stereocenters. The Hall–Kier alpha value is -1.36. The molecule has 1 aromatic carbocycles. The summed E-state index contributed by atoms with van der Waals surface area (Å²) in [6, 6.07) is 5.97. The van der Waals surface area contributed by atoms with E-state index in [1.165, 1.54) is 0 Å². The molecule has 1 aliphatic rings. The molecule has 19 heavy (non-hydrogen) atoms. The lowest BCUT2D eigenvalue weighted by Gasteiger charge is -2.17. The monoisotopic (exact) mass is 270 g/mol. The molecule has 0 amide bonds. The van der Waals surface area contributed by atoms with Crippen LogP contribution in [0.1, 0.15) is 31.4 Å². The molecule has 0 bridgehead atoms. The van der Waals surface area contributed by atoms with Crippen molar-refractivity contribution in [2.24, 2.45) is 11.7 Å². The zero-order valence-electron chi connectivity index (χ0n) is 10.9. The molecule has 0 saturated heterocycles. The van der Waals surface area contributed by atoms with E-state index in [0.29, 0.717) is 29.6 Å². The molecule has 5 heteroatoms. The van der Waals surface area contributed by atoms with Crippen LogP contribution in [0.4, 0.5) is 8.78 Å².